The second-order valence-electron chi connectivity index (χ2n) is 4.02. The van der Waals surface area contributed by atoms with E-state index < -0.39 is 0 Å². The van der Waals surface area contributed by atoms with E-state index in [1.165, 1.54) is 11.3 Å². The first kappa shape index (κ1) is 13.5. The Labute approximate surface area is 116 Å². The fraction of sp³-hybridized carbons (Fsp3) is 0.286. The van der Waals surface area contributed by atoms with Crippen LogP contribution in [0, 0.1) is 0 Å². The molecule has 5 heteroatoms. The second kappa shape index (κ2) is 6.89. The zero-order valence-corrected chi connectivity index (χ0v) is 11.6. The number of anilines is 1. The summed E-state index contributed by atoms with van der Waals surface area (Å²) in [6.45, 7) is 2.78. The molecule has 0 atom stereocenters. The lowest BCUT2D eigenvalue weighted by molar-refractivity contribution is 0.103. The molecular weight excluding hydrogens is 260 g/mol. The van der Waals surface area contributed by atoms with Crippen molar-refractivity contribution in [2.75, 3.05) is 11.9 Å². The highest BCUT2D eigenvalue weighted by Crippen LogP contribution is 2.15. The number of hydrogen-bond donors (Lipinski definition) is 1. The highest BCUT2D eigenvalue weighted by Gasteiger charge is 2.06. The van der Waals surface area contributed by atoms with Crippen molar-refractivity contribution in [2.24, 2.45) is 0 Å². The molecule has 4 nitrogen and oxygen atoms in total. The molecule has 0 aliphatic carbocycles. The van der Waals surface area contributed by atoms with Crippen LogP contribution in [0.25, 0.3) is 0 Å². The van der Waals surface area contributed by atoms with Gasteiger partial charge in [0, 0.05) is 6.07 Å². The van der Waals surface area contributed by atoms with Crippen molar-refractivity contribution >= 4 is 22.9 Å². The van der Waals surface area contributed by atoms with Crippen molar-refractivity contribution in [3.05, 3.63) is 40.7 Å². The maximum atomic E-state index is 11.8. The predicted octanol–water partition coefficient (Wildman–Crippen LogP) is 3.57. The molecule has 2 heterocycles. The molecule has 1 N–H and O–H groups in total. The molecule has 0 saturated heterocycles. The van der Waals surface area contributed by atoms with Crippen molar-refractivity contribution in [1.82, 2.24) is 4.98 Å². The van der Waals surface area contributed by atoms with Crippen LogP contribution >= 0.6 is 11.3 Å². The summed E-state index contributed by atoms with van der Waals surface area (Å²) in [5, 5.41) is 4.67. The van der Waals surface area contributed by atoms with Crippen molar-refractivity contribution in [2.45, 2.75) is 19.8 Å². The number of carbonyl (C=O) groups excluding carboxylic acids is 1. The van der Waals surface area contributed by atoms with Gasteiger partial charge in [0.25, 0.3) is 5.91 Å². The maximum Gasteiger partial charge on any atom is 0.265 e. The Morgan fingerprint density at radius 3 is 2.95 bits per heavy atom. The van der Waals surface area contributed by atoms with Crippen molar-refractivity contribution in [1.29, 1.82) is 0 Å². The summed E-state index contributed by atoms with van der Waals surface area (Å²) >= 11 is 1.41. The van der Waals surface area contributed by atoms with Gasteiger partial charge in [-0.1, -0.05) is 19.4 Å². The van der Waals surface area contributed by atoms with Crippen LogP contribution in [0.15, 0.2) is 35.8 Å². The number of hydrogen-bond acceptors (Lipinski definition) is 4. The van der Waals surface area contributed by atoms with Gasteiger partial charge in [0.1, 0.15) is 0 Å². The molecule has 0 aliphatic rings. The number of carbonyl (C=O) groups is 1. The molecule has 0 bridgehead atoms. The van der Waals surface area contributed by atoms with Crippen LogP contribution in [-0.4, -0.2) is 17.5 Å². The Hall–Kier alpha value is -1.88. The van der Waals surface area contributed by atoms with E-state index in [2.05, 4.69) is 17.2 Å². The van der Waals surface area contributed by atoms with E-state index >= 15 is 0 Å². The Bertz CT molecular complexity index is 509. The Kier molecular flexibility index (Phi) is 4.92. The lowest BCUT2D eigenvalue weighted by Gasteiger charge is -2.06. The van der Waals surface area contributed by atoms with Crippen molar-refractivity contribution in [3.63, 3.8) is 0 Å². The number of amides is 1. The first-order valence-corrected chi connectivity index (χ1v) is 7.11. The number of aromatic nitrogens is 1. The molecule has 0 radical (unpaired) electrons. The average Bonchev–Trinajstić information content (AvgIpc) is 2.95. The minimum atomic E-state index is -0.114. The summed E-state index contributed by atoms with van der Waals surface area (Å²) < 4.78 is 5.46. The van der Waals surface area contributed by atoms with Gasteiger partial charge in [0.15, 0.2) is 0 Å². The molecule has 0 aromatic carbocycles. The van der Waals surface area contributed by atoms with Gasteiger partial charge in [0.2, 0.25) is 5.88 Å². The summed E-state index contributed by atoms with van der Waals surface area (Å²) in [6, 6.07) is 7.19. The van der Waals surface area contributed by atoms with Crippen LogP contribution in [0.4, 0.5) is 5.69 Å². The molecule has 0 unspecified atom stereocenters. The third-order valence-electron chi connectivity index (χ3n) is 2.49. The van der Waals surface area contributed by atoms with Crippen LogP contribution in [0.5, 0.6) is 5.88 Å². The van der Waals surface area contributed by atoms with Gasteiger partial charge in [0.05, 0.1) is 23.4 Å². The molecule has 100 valence electrons. The monoisotopic (exact) mass is 276 g/mol. The molecule has 19 heavy (non-hydrogen) atoms. The van der Waals surface area contributed by atoms with E-state index in [9.17, 15) is 4.79 Å². The number of thiophene rings is 1. The SMILES string of the molecule is CCCCOc1ccc(NC(=O)c2cccs2)cn1. The van der Waals surface area contributed by atoms with Gasteiger partial charge in [-0.05, 0) is 23.9 Å². The van der Waals surface area contributed by atoms with Crippen LogP contribution in [0.3, 0.4) is 0 Å². The highest BCUT2D eigenvalue weighted by molar-refractivity contribution is 7.12. The van der Waals surface area contributed by atoms with Gasteiger partial charge in [-0.3, -0.25) is 4.79 Å². The number of rotatable bonds is 6. The molecule has 2 aromatic heterocycles. The van der Waals surface area contributed by atoms with Gasteiger partial charge < -0.3 is 10.1 Å². The summed E-state index contributed by atoms with van der Waals surface area (Å²) in [5.74, 6) is 0.471. The number of nitrogens with zero attached hydrogens (tertiary/aromatic N) is 1. The minimum Gasteiger partial charge on any atom is -0.478 e. The van der Waals surface area contributed by atoms with E-state index in [1.54, 1.807) is 24.4 Å². The lowest BCUT2D eigenvalue weighted by Crippen LogP contribution is -2.10. The average molecular weight is 276 g/mol. The Morgan fingerprint density at radius 2 is 2.32 bits per heavy atom. The van der Waals surface area contributed by atoms with E-state index in [0.717, 1.165) is 12.8 Å². The normalized spacial score (nSPS) is 10.2. The quantitative estimate of drug-likeness (QED) is 0.820. The maximum absolute atomic E-state index is 11.8. The first-order chi connectivity index (χ1) is 9.29. The van der Waals surface area contributed by atoms with Crippen LogP contribution in [0.1, 0.15) is 29.4 Å². The van der Waals surface area contributed by atoms with Crippen LogP contribution in [0.2, 0.25) is 0 Å². The van der Waals surface area contributed by atoms with Crippen molar-refractivity contribution < 1.29 is 9.53 Å². The molecule has 2 aromatic rings. The molecule has 2 rings (SSSR count). The van der Waals surface area contributed by atoms with Gasteiger partial charge >= 0.3 is 0 Å². The molecule has 0 saturated carbocycles. The number of ether oxygens (including phenoxy) is 1. The topological polar surface area (TPSA) is 51.2 Å². The zero-order chi connectivity index (χ0) is 13.5. The molecule has 1 amide bonds. The van der Waals surface area contributed by atoms with E-state index in [-0.39, 0.29) is 5.91 Å². The third-order valence-corrected chi connectivity index (χ3v) is 3.36. The summed E-state index contributed by atoms with van der Waals surface area (Å²) in [7, 11) is 0. The predicted molar refractivity (Wildman–Crippen MR) is 76.9 cm³/mol. The number of nitrogens with one attached hydrogen (secondary N) is 1. The second-order valence-corrected chi connectivity index (χ2v) is 4.97. The molecule has 0 spiro atoms. The molecular formula is C14H16N2O2S. The van der Waals surface area contributed by atoms with Gasteiger partial charge in [-0.15, -0.1) is 11.3 Å². The van der Waals surface area contributed by atoms with Gasteiger partial charge in [-0.25, -0.2) is 4.98 Å². The largest absolute Gasteiger partial charge is 0.478 e. The fourth-order valence-electron chi connectivity index (χ4n) is 1.46. The van der Waals surface area contributed by atoms with Crippen molar-refractivity contribution in [3.8, 4) is 5.88 Å². The Morgan fingerprint density at radius 1 is 1.42 bits per heavy atom. The van der Waals surface area contributed by atoms with Crippen LogP contribution < -0.4 is 10.1 Å². The number of pyridine rings is 1. The van der Waals surface area contributed by atoms with Crippen LogP contribution in [-0.2, 0) is 0 Å². The fourth-order valence-corrected chi connectivity index (χ4v) is 2.08. The zero-order valence-electron chi connectivity index (χ0n) is 10.8. The van der Waals surface area contributed by atoms with E-state index in [4.69, 9.17) is 4.74 Å². The standard InChI is InChI=1S/C14H16N2O2S/c1-2-3-8-18-13-7-6-11(10-15-13)16-14(17)12-5-4-9-19-12/h4-7,9-10H,2-3,8H2,1H3,(H,16,17). The molecule has 0 fully saturated rings. The number of unbranched alkanes of at least 4 members (excludes halogenated alkanes) is 1. The highest BCUT2D eigenvalue weighted by atomic mass is 32.1. The minimum absolute atomic E-state index is 0.114. The lowest BCUT2D eigenvalue weighted by atomic mass is 10.3. The van der Waals surface area contributed by atoms with Gasteiger partial charge in [-0.2, -0.15) is 0 Å². The molecule has 0 aliphatic heterocycles. The van der Waals surface area contributed by atoms with E-state index in [0.29, 0.717) is 23.1 Å². The summed E-state index contributed by atoms with van der Waals surface area (Å²) in [5.41, 5.74) is 0.668. The summed E-state index contributed by atoms with van der Waals surface area (Å²) in [4.78, 5) is 16.6. The third kappa shape index (κ3) is 4.06. The first-order valence-electron chi connectivity index (χ1n) is 6.23. The summed E-state index contributed by atoms with van der Waals surface area (Å²) in [6.07, 6.45) is 3.71. The smallest absolute Gasteiger partial charge is 0.265 e. The Balaban J connectivity index is 1.90. The van der Waals surface area contributed by atoms with E-state index in [1.807, 2.05) is 11.4 Å².